The van der Waals surface area contributed by atoms with E-state index >= 15 is 0 Å². The molecule has 98 valence electrons. The number of methoxy groups -OCH3 is 1. The SMILES string of the molecule is CC#CCC(CC#CC)(C(=O)OC)C(=O)N(C)C. The van der Waals surface area contributed by atoms with Gasteiger partial charge in [-0.25, -0.2) is 0 Å². The maximum Gasteiger partial charge on any atom is 0.323 e. The Kier molecular flexibility index (Phi) is 6.60. The van der Waals surface area contributed by atoms with Crippen LogP contribution in [0, 0.1) is 29.1 Å². The van der Waals surface area contributed by atoms with E-state index in [0.29, 0.717) is 0 Å². The van der Waals surface area contributed by atoms with E-state index in [1.807, 2.05) is 0 Å². The van der Waals surface area contributed by atoms with Gasteiger partial charge in [-0.15, -0.1) is 23.7 Å². The van der Waals surface area contributed by atoms with E-state index in [9.17, 15) is 9.59 Å². The summed E-state index contributed by atoms with van der Waals surface area (Å²) < 4.78 is 4.76. The van der Waals surface area contributed by atoms with Gasteiger partial charge in [0.2, 0.25) is 5.91 Å². The van der Waals surface area contributed by atoms with Crippen LogP contribution in [0.4, 0.5) is 0 Å². The van der Waals surface area contributed by atoms with Crippen molar-refractivity contribution in [2.24, 2.45) is 5.41 Å². The van der Waals surface area contributed by atoms with Gasteiger partial charge in [-0.2, -0.15) is 0 Å². The van der Waals surface area contributed by atoms with Crippen molar-refractivity contribution in [2.75, 3.05) is 21.2 Å². The highest BCUT2D eigenvalue weighted by Gasteiger charge is 2.47. The molecule has 1 amide bonds. The fourth-order valence-corrected chi connectivity index (χ4v) is 1.55. The van der Waals surface area contributed by atoms with Crippen LogP contribution in [0.2, 0.25) is 0 Å². The molecule has 0 spiro atoms. The van der Waals surface area contributed by atoms with Crippen LogP contribution in [-0.4, -0.2) is 38.0 Å². The second-order valence-corrected chi connectivity index (χ2v) is 3.98. The Balaban J connectivity index is 5.61. The van der Waals surface area contributed by atoms with E-state index < -0.39 is 11.4 Å². The van der Waals surface area contributed by atoms with Crippen molar-refractivity contribution in [1.29, 1.82) is 0 Å². The summed E-state index contributed by atoms with van der Waals surface area (Å²) in [5.41, 5.74) is -1.33. The van der Waals surface area contributed by atoms with Gasteiger partial charge >= 0.3 is 5.97 Å². The van der Waals surface area contributed by atoms with E-state index in [0.717, 1.165) is 0 Å². The predicted octanol–water partition coefficient (Wildman–Crippen LogP) is 1.06. The summed E-state index contributed by atoms with van der Waals surface area (Å²) in [4.78, 5) is 25.6. The van der Waals surface area contributed by atoms with Gasteiger partial charge in [0.25, 0.3) is 0 Å². The lowest BCUT2D eigenvalue weighted by molar-refractivity contribution is -0.161. The van der Waals surface area contributed by atoms with Crippen LogP contribution in [0.1, 0.15) is 26.7 Å². The summed E-state index contributed by atoms with van der Waals surface area (Å²) in [7, 11) is 4.45. The molecular weight excluding hydrogens is 230 g/mol. The Morgan fingerprint density at radius 2 is 1.56 bits per heavy atom. The van der Waals surface area contributed by atoms with E-state index in [2.05, 4.69) is 23.7 Å². The minimum atomic E-state index is -1.33. The van der Waals surface area contributed by atoms with E-state index in [4.69, 9.17) is 4.74 Å². The van der Waals surface area contributed by atoms with E-state index in [1.54, 1.807) is 27.9 Å². The number of nitrogens with zero attached hydrogens (tertiary/aromatic N) is 1. The molecule has 0 N–H and O–H groups in total. The molecule has 0 radical (unpaired) electrons. The number of hydrogen-bond donors (Lipinski definition) is 0. The van der Waals surface area contributed by atoms with Crippen LogP contribution >= 0.6 is 0 Å². The molecule has 0 aromatic heterocycles. The molecular formula is C14H19NO3. The Morgan fingerprint density at radius 1 is 1.11 bits per heavy atom. The second kappa shape index (κ2) is 7.40. The number of amides is 1. The lowest BCUT2D eigenvalue weighted by Crippen LogP contribution is -2.46. The van der Waals surface area contributed by atoms with Crippen molar-refractivity contribution in [3.8, 4) is 23.7 Å². The monoisotopic (exact) mass is 249 g/mol. The van der Waals surface area contributed by atoms with Gasteiger partial charge in [0.05, 0.1) is 7.11 Å². The standard InChI is InChI=1S/C14H19NO3/c1-6-8-10-14(11-9-7-2,13(17)18-5)12(16)15(3)4/h10-11H2,1-5H3. The molecule has 0 atom stereocenters. The third kappa shape index (κ3) is 3.53. The molecule has 4 nitrogen and oxygen atoms in total. The first-order valence-electron chi connectivity index (χ1n) is 5.55. The third-order valence-electron chi connectivity index (χ3n) is 2.53. The summed E-state index contributed by atoms with van der Waals surface area (Å²) in [5.74, 6) is 10.0. The molecule has 0 saturated carbocycles. The lowest BCUT2D eigenvalue weighted by atomic mass is 9.80. The Labute approximate surface area is 109 Å². The molecule has 0 aliphatic heterocycles. The minimum Gasteiger partial charge on any atom is -0.468 e. The molecule has 0 fully saturated rings. The first kappa shape index (κ1) is 16.1. The van der Waals surface area contributed by atoms with Gasteiger partial charge in [0, 0.05) is 26.9 Å². The molecule has 0 bridgehead atoms. The molecule has 0 heterocycles. The number of esters is 1. The molecule has 0 unspecified atom stereocenters. The van der Waals surface area contributed by atoms with E-state index in [-0.39, 0.29) is 18.7 Å². The van der Waals surface area contributed by atoms with Crippen molar-refractivity contribution in [2.45, 2.75) is 26.7 Å². The number of hydrogen-bond acceptors (Lipinski definition) is 3. The Bertz CT molecular complexity index is 407. The average molecular weight is 249 g/mol. The summed E-state index contributed by atoms with van der Waals surface area (Å²) in [5, 5.41) is 0. The highest BCUT2D eigenvalue weighted by atomic mass is 16.5. The largest absolute Gasteiger partial charge is 0.468 e. The fourth-order valence-electron chi connectivity index (χ4n) is 1.55. The van der Waals surface area contributed by atoms with Crippen molar-refractivity contribution in [1.82, 2.24) is 4.90 Å². The maximum absolute atomic E-state index is 12.3. The topological polar surface area (TPSA) is 46.6 Å². The summed E-state index contributed by atoms with van der Waals surface area (Å²) in [6, 6.07) is 0. The quantitative estimate of drug-likeness (QED) is 0.425. The van der Waals surface area contributed by atoms with Gasteiger partial charge < -0.3 is 9.64 Å². The molecule has 0 aromatic carbocycles. The Hall–Kier alpha value is -1.94. The van der Waals surface area contributed by atoms with Gasteiger partial charge in [-0.05, 0) is 13.8 Å². The maximum atomic E-state index is 12.3. The summed E-state index contributed by atoms with van der Waals surface area (Å²) in [6.45, 7) is 3.32. The molecule has 18 heavy (non-hydrogen) atoms. The number of rotatable bonds is 4. The zero-order valence-corrected chi connectivity index (χ0v) is 11.6. The first-order chi connectivity index (χ1) is 8.46. The normalized spacial score (nSPS) is 9.39. The van der Waals surface area contributed by atoms with Crippen molar-refractivity contribution < 1.29 is 14.3 Å². The van der Waals surface area contributed by atoms with Crippen LogP contribution in [0.5, 0.6) is 0 Å². The van der Waals surface area contributed by atoms with Gasteiger partial charge in [-0.3, -0.25) is 9.59 Å². The van der Waals surface area contributed by atoms with Crippen molar-refractivity contribution in [3.05, 3.63) is 0 Å². The minimum absolute atomic E-state index is 0.113. The molecule has 0 rings (SSSR count). The summed E-state index contributed by atoms with van der Waals surface area (Å²) in [6.07, 6.45) is 0.226. The van der Waals surface area contributed by atoms with Crippen molar-refractivity contribution in [3.63, 3.8) is 0 Å². The first-order valence-corrected chi connectivity index (χ1v) is 5.55. The highest BCUT2D eigenvalue weighted by Crippen LogP contribution is 2.30. The number of carbonyl (C=O) groups is 2. The van der Waals surface area contributed by atoms with E-state index in [1.165, 1.54) is 12.0 Å². The van der Waals surface area contributed by atoms with Crippen LogP contribution < -0.4 is 0 Å². The van der Waals surface area contributed by atoms with Gasteiger partial charge in [-0.1, -0.05) is 0 Å². The molecule has 4 heteroatoms. The zero-order chi connectivity index (χ0) is 14.2. The lowest BCUT2D eigenvalue weighted by Gasteiger charge is -2.28. The highest BCUT2D eigenvalue weighted by molar-refractivity contribution is 6.03. The molecule has 0 aromatic rings. The molecule has 0 aliphatic carbocycles. The third-order valence-corrected chi connectivity index (χ3v) is 2.53. The molecule has 0 saturated heterocycles. The second-order valence-electron chi connectivity index (χ2n) is 3.98. The van der Waals surface area contributed by atoms with Crippen LogP contribution in [0.3, 0.4) is 0 Å². The van der Waals surface area contributed by atoms with Crippen LogP contribution in [0.25, 0.3) is 0 Å². The fraction of sp³-hybridized carbons (Fsp3) is 0.571. The smallest absolute Gasteiger partial charge is 0.323 e. The molecule has 0 aliphatic rings. The Morgan fingerprint density at radius 3 is 1.83 bits per heavy atom. The van der Waals surface area contributed by atoms with Gasteiger partial charge in [0.15, 0.2) is 5.41 Å². The van der Waals surface area contributed by atoms with Crippen LogP contribution in [-0.2, 0) is 14.3 Å². The number of carbonyl (C=O) groups excluding carboxylic acids is 2. The predicted molar refractivity (Wildman–Crippen MR) is 69.3 cm³/mol. The summed E-state index contributed by atoms with van der Waals surface area (Å²) >= 11 is 0. The van der Waals surface area contributed by atoms with Crippen LogP contribution in [0.15, 0.2) is 0 Å². The average Bonchev–Trinajstić information content (AvgIpc) is 2.37. The number of ether oxygens (including phenoxy) is 1. The van der Waals surface area contributed by atoms with Gasteiger partial charge in [0.1, 0.15) is 0 Å². The zero-order valence-electron chi connectivity index (χ0n) is 11.6. The van der Waals surface area contributed by atoms with Crippen molar-refractivity contribution >= 4 is 11.9 Å².